The van der Waals surface area contributed by atoms with Crippen molar-refractivity contribution in [3.63, 3.8) is 0 Å². The van der Waals surface area contributed by atoms with Gasteiger partial charge in [-0.15, -0.1) is 13.2 Å². The van der Waals surface area contributed by atoms with Crippen molar-refractivity contribution >= 4 is 39.3 Å². The number of nitrogens with one attached hydrogen (secondary N) is 1. The molecule has 0 saturated carbocycles. The zero-order valence-corrected chi connectivity index (χ0v) is 15.5. The second kappa shape index (κ2) is 9.05. The van der Waals surface area contributed by atoms with E-state index in [2.05, 4.69) is 9.46 Å². The quantitative estimate of drug-likeness (QED) is 0.685. The number of hydrogen-bond acceptors (Lipinski definition) is 5. The van der Waals surface area contributed by atoms with Crippen molar-refractivity contribution < 1.29 is 31.7 Å². The van der Waals surface area contributed by atoms with Crippen LogP contribution in [0.1, 0.15) is 17.3 Å². The number of benzene rings is 2. The number of alkyl halides is 3. The van der Waals surface area contributed by atoms with Crippen molar-refractivity contribution in [3.05, 3.63) is 54.1 Å². The summed E-state index contributed by atoms with van der Waals surface area (Å²) in [5, 5.41) is -0.159. The van der Waals surface area contributed by atoms with Gasteiger partial charge in [-0.2, -0.15) is 0 Å². The van der Waals surface area contributed by atoms with Crippen LogP contribution in [-0.2, 0) is 15.8 Å². The van der Waals surface area contributed by atoms with Crippen molar-refractivity contribution in [1.29, 1.82) is 0 Å². The summed E-state index contributed by atoms with van der Waals surface area (Å²) in [6.45, 7) is 1.37. The molecule has 144 valence electrons. The number of ketones is 1. The molecule has 0 aliphatic carbocycles. The molecule has 2 aromatic rings. The van der Waals surface area contributed by atoms with Gasteiger partial charge in [0, 0.05) is 18.2 Å². The Morgan fingerprint density at radius 3 is 2.41 bits per heavy atom. The van der Waals surface area contributed by atoms with Crippen molar-refractivity contribution in [2.45, 2.75) is 18.2 Å². The zero-order valence-electron chi connectivity index (χ0n) is 13.9. The molecule has 0 aromatic heterocycles. The number of hydrogen-bond donors (Lipinski definition) is 1. The molecule has 2 aromatic carbocycles. The number of anilines is 1. The summed E-state index contributed by atoms with van der Waals surface area (Å²) in [6.07, 6.45) is -4.84. The first-order chi connectivity index (χ1) is 12.6. The Kier molecular flexibility index (Phi) is 7.03. The molecule has 1 atom stereocenters. The van der Waals surface area contributed by atoms with Crippen LogP contribution in [0, 0.1) is 0 Å². The van der Waals surface area contributed by atoms with E-state index in [1.165, 1.54) is 43.3 Å². The molecule has 27 heavy (non-hydrogen) atoms. The van der Waals surface area contributed by atoms with E-state index < -0.39 is 23.1 Å². The number of ether oxygens (including phenoxy) is 1. The topological polar surface area (TPSA) is 72.5 Å². The molecule has 0 amide bonds. The molecular formula is C17H14F3NO4S2. The van der Waals surface area contributed by atoms with E-state index in [0.29, 0.717) is 11.3 Å². The van der Waals surface area contributed by atoms with Gasteiger partial charge >= 0.3 is 6.36 Å². The van der Waals surface area contributed by atoms with Crippen LogP contribution in [0.5, 0.6) is 5.75 Å². The van der Waals surface area contributed by atoms with E-state index in [1.807, 2.05) is 0 Å². The maximum absolute atomic E-state index is 12.3. The minimum atomic E-state index is -4.84. The molecule has 1 unspecified atom stereocenters. The Balaban J connectivity index is 2.02. The fourth-order valence-corrected chi connectivity index (χ4v) is 3.32. The third-order valence-electron chi connectivity index (χ3n) is 3.08. The number of halogens is 3. The third-order valence-corrected chi connectivity index (χ3v) is 4.99. The highest BCUT2D eigenvalue weighted by Crippen LogP contribution is 2.25. The van der Waals surface area contributed by atoms with Crippen molar-refractivity contribution in [2.24, 2.45) is 0 Å². The van der Waals surface area contributed by atoms with Gasteiger partial charge in [-0.3, -0.25) is 9.59 Å². The highest BCUT2D eigenvalue weighted by Gasteiger charge is 2.31. The molecule has 0 heterocycles. The van der Waals surface area contributed by atoms with E-state index in [4.69, 9.17) is 0 Å². The molecule has 10 heteroatoms. The number of rotatable bonds is 7. The zero-order chi connectivity index (χ0) is 20.0. The standard InChI is InChI=1S/C17H14F3NO4S2/c1-11(22)26-10-16(23)12-5-7-13(8-6-12)21-27(24)15-4-2-3-14(9-15)25-17(18,19)20/h2-9,21H,10H2,1H3. The maximum Gasteiger partial charge on any atom is 0.573 e. The molecule has 0 aliphatic heterocycles. The average molecular weight is 417 g/mol. The molecular weight excluding hydrogens is 403 g/mol. The van der Waals surface area contributed by atoms with E-state index >= 15 is 0 Å². The first-order valence-corrected chi connectivity index (χ1v) is 9.58. The first kappa shape index (κ1) is 21.0. The Morgan fingerprint density at radius 2 is 1.81 bits per heavy atom. The van der Waals surface area contributed by atoms with Crippen LogP contribution in [0.25, 0.3) is 0 Å². The Hall–Kier alpha value is -2.33. The van der Waals surface area contributed by atoms with Crippen LogP contribution in [0.15, 0.2) is 53.4 Å². The number of carbonyl (C=O) groups excluding carboxylic acids is 2. The summed E-state index contributed by atoms with van der Waals surface area (Å²) in [5.41, 5.74) is 0.798. The highest BCUT2D eigenvalue weighted by molar-refractivity contribution is 8.14. The summed E-state index contributed by atoms with van der Waals surface area (Å²) >= 11 is 0.907. The van der Waals surface area contributed by atoms with Crippen LogP contribution in [0.3, 0.4) is 0 Å². The Bertz CT molecular complexity index is 854. The monoisotopic (exact) mass is 417 g/mol. The lowest BCUT2D eigenvalue weighted by Gasteiger charge is -2.11. The van der Waals surface area contributed by atoms with Gasteiger partial charge < -0.3 is 9.46 Å². The molecule has 1 N–H and O–H groups in total. The van der Waals surface area contributed by atoms with E-state index in [-0.39, 0.29) is 21.5 Å². The molecule has 0 spiro atoms. The van der Waals surface area contributed by atoms with Crippen LogP contribution >= 0.6 is 11.8 Å². The highest BCUT2D eigenvalue weighted by atomic mass is 32.2. The molecule has 2 rings (SSSR count). The predicted octanol–water partition coefficient (Wildman–Crippen LogP) is 4.18. The molecule has 0 aliphatic rings. The Morgan fingerprint density at radius 1 is 1.15 bits per heavy atom. The van der Waals surface area contributed by atoms with Gasteiger partial charge in [0.15, 0.2) is 10.9 Å². The first-order valence-electron chi connectivity index (χ1n) is 7.45. The lowest BCUT2D eigenvalue weighted by molar-refractivity contribution is -0.274. The van der Waals surface area contributed by atoms with E-state index in [9.17, 15) is 27.0 Å². The van der Waals surface area contributed by atoms with Gasteiger partial charge in [-0.05, 0) is 42.5 Å². The van der Waals surface area contributed by atoms with Gasteiger partial charge in [-0.25, -0.2) is 4.21 Å². The number of carbonyl (C=O) groups is 2. The molecule has 0 bridgehead atoms. The number of Topliss-reactive ketones (excluding diaryl/α,β-unsaturated/α-hetero) is 1. The molecule has 5 nitrogen and oxygen atoms in total. The normalized spacial score (nSPS) is 12.3. The maximum atomic E-state index is 12.3. The third kappa shape index (κ3) is 7.06. The molecule has 0 saturated heterocycles. The number of thioether (sulfide) groups is 1. The average Bonchev–Trinajstić information content (AvgIpc) is 2.59. The van der Waals surface area contributed by atoms with E-state index in [0.717, 1.165) is 23.9 Å². The molecule has 0 fully saturated rings. The fraction of sp³-hybridized carbons (Fsp3) is 0.176. The predicted molar refractivity (Wildman–Crippen MR) is 97.1 cm³/mol. The fourth-order valence-electron chi connectivity index (χ4n) is 1.93. The smallest absolute Gasteiger partial charge is 0.406 e. The van der Waals surface area contributed by atoms with Crippen LogP contribution in [0.2, 0.25) is 0 Å². The SMILES string of the molecule is CC(=O)SCC(=O)c1ccc(NS(=O)c2cccc(OC(F)(F)F)c2)cc1. The second-order valence-corrected chi connectivity index (χ2v) is 7.54. The van der Waals surface area contributed by atoms with Crippen molar-refractivity contribution in [1.82, 2.24) is 0 Å². The summed E-state index contributed by atoms with van der Waals surface area (Å²) in [6, 6.07) is 10.9. The van der Waals surface area contributed by atoms with Gasteiger partial charge in [0.1, 0.15) is 16.7 Å². The largest absolute Gasteiger partial charge is 0.573 e. The van der Waals surface area contributed by atoms with Gasteiger partial charge in [0.05, 0.1) is 10.6 Å². The van der Waals surface area contributed by atoms with Gasteiger partial charge in [0.25, 0.3) is 0 Å². The van der Waals surface area contributed by atoms with Crippen molar-refractivity contribution in [2.75, 3.05) is 10.5 Å². The molecule has 0 radical (unpaired) electrons. The summed E-state index contributed by atoms with van der Waals surface area (Å²) in [4.78, 5) is 22.9. The summed E-state index contributed by atoms with van der Waals surface area (Å²) < 4.78 is 55.5. The summed E-state index contributed by atoms with van der Waals surface area (Å²) in [7, 11) is -1.83. The second-order valence-electron chi connectivity index (χ2n) is 5.17. The lowest BCUT2D eigenvalue weighted by atomic mass is 10.1. The lowest BCUT2D eigenvalue weighted by Crippen LogP contribution is -2.17. The van der Waals surface area contributed by atoms with Crippen LogP contribution in [-0.4, -0.2) is 27.2 Å². The minimum absolute atomic E-state index is 0.0278. The minimum Gasteiger partial charge on any atom is -0.406 e. The van der Waals surface area contributed by atoms with Crippen molar-refractivity contribution in [3.8, 4) is 5.75 Å². The van der Waals surface area contributed by atoms with Gasteiger partial charge in [0.2, 0.25) is 0 Å². The van der Waals surface area contributed by atoms with E-state index in [1.54, 1.807) is 0 Å². The van der Waals surface area contributed by atoms with Gasteiger partial charge in [-0.1, -0.05) is 17.8 Å². The van der Waals surface area contributed by atoms with Crippen LogP contribution < -0.4 is 9.46 Å². The summed E-state index contributed by atoms with van der Waals surface area (Å²) in [5.74, 6) is -0.668. The van der Waals surface area contributed by atoms with Crippen LogP contribution in [0.4, 0.5) is 18.9 Å². The Labute approximate surface area is 159 Å².